The van der Waals surface area contributed by atoms with Crippen LogP contribution in [-0.2, 0) is 6.54 Å². The maximum absolute atomic E-state index is 13.4. The van der Waals surface area contributed by atoms with E-state index in [2.05, 4.69) is 31.5 Å². The van der Waals surface area contributed by atoms with Gasteiger partial charge in [0, 0.05) is 18.3 Å². The normalized spacial score (nSPS) is 15.1. The van der Waals surface area contributed by atoms with Crippen molar-refractivity contribution in [2.75, 3.05) is 5.32 Å². The molecule has 4 aromatic rings. The van der Waals surface area contributed by atoms with E-state index in [4.69, 9.17) is 5.73 Å². The molecule has 1 saturated carbocycles. The van der Waals surface area contributed by atoms with Crippen LogP contribution in [0.2, 0.25) is 0 Å². The van der Waals surface area contributed by atoms with Crippen molar-refractivity contribution in [2.24, 2.45) is 5.73 Å². The molecule has 0 radical (unpaired) electrons. The van der Waals surface area contributed by atoms with Crippen LogP contribution >= 0.6 is 0 Å². The topological polar surface area (TPSA) is 115 Å². The summed E-state index contributed by atoms with van der Waals surface area (Å²) in [6.07, 6.45) is 3.55. The van der Waals surface area contributed by atoms with E-state index in [1.807, 2.05) is 36.6 Å². The SMILES string of the molecule is Cc1cccc2cc(C(C)Nc3ncnc4n[nH]c(CN)c34)n(C3CC3)c(=O)c12. The van der Waals surface area contributed by atoms with Crippen molar-refractivity contribution in [3.63, 3.8) is 0 Å². The molecule has 1 atom stereocenters. The molecule has 0 aliphatic heterocycles. The second-order valence-electron chi connectivity index (χ2n) is 7.71. The molecule has 1 fully saturated rings. The third-order valence-corrected chi connectivity index (χ3v) is 5.66. The Kier molecular flexibility index (Phi) is 4.09. The number of nitrogens with two attached hydrogens (primary N) is 1. The van der Waals surface area contributed by atoms with E-state index in [1.54, 1.807) is 0 Å². The van der Waals surface area contributed by atoms with Crippen LogP contribution in [-0.4, -0.2) is 24.7 Å². The Morgan fingerprint density at radius 1 is 1.31 bits per heavy atom. The van der Waals surface area contributed by atoms with Gasteiger partial charge in [0.05, 0.1) is 22.5 Å². The number of aromatic nitrogens is 5. The molecule has 0 bridgehead atoms. The van der Waals surface area contributed by atoms with E-state index in [9.17, 15) is 4.79 Å². The third-order valence-electron chi connectivity index (χ3n) is 5.66. The number of aryl methyl sites for hydroxylation is 1. The predicted molar refractivity (Wildman–Crippen MR) is 113 cm³/mol. The number of aromatic amines is 1. The van der Waals surface area contributed by atoms with Crippen LogP contribution in [0.25, 0.3) is 21.8 Å². The Labute approximate surface area is 167 Å². The lowest BCUT2D eigenvalue weighted by molar-refractivity contribution is 0.636. The summed E-state index contributed by atoms with van der Waals surface area (Å²) in [5, 5.41) is 13.2. The van der Waals surface area contributed by atoms with Crippen molar-refractivity contribution in [1.82, 2.24) is 24.7 Å². The fourth-order valence-electron chi connectivity index (χ4n) is 4.06. The largest absolute Gasteiger partial charge is 0.361 e. The molecule has 8 heteroatoms. The number of nitrogens with one attached hydrogen (secondary N) is 2. The van der Waals surface area contributed by atoms with E-state index in [1.165, 1.54) is 6.33 Å². The molecule has 3 heterocycles. The Bertz CT molecular complexity index is 1290. The quantitative estimate of drug-likeness (QED) is 0.483. The van der Waals surface area contributed by atoms with Gasteiger partial charge in [0.25, 0.3) is 5.56 Å². The zero-order chi connectivity index (χ0) is 20.1. The number of pyridine rings is 1. The number of H-pyrrole nitrogens is 1. The Morgan fingerprint density at radius 3 is 2.90 bits per heavy atom. The number of hydrogen-bond donors (Lipinski definition) is 3. The average molecular weight is 389 g/mol. The fourth-order valence-corrected chi connectivity index (χ4v) is 4.06. The van der Waals surface area contributed by atoms with Crippen LogP contribution in [0.1, 0.15) is 48.8 Å². The van der Waals surface area contributed by atoms with Gasteiger partial charge in [-0.3, -0.25) is 9.89 Å². The smallest absolute Gasteiger partial charge is 0.259 e. The highest BCUT2D eigenvalue weighted by atomic mass is 16.1. The molecule has 3 aromatic heterocycles. The molecule has 0 amide bonds. The van der Waals surface area contributed by atoms with Crippen LogP contribution in [0.15, 0.2) is 35.4 Å². The van der Waals surface area contributed by atoms with E-state index in [0.29, 0.717) is 18.0 Å². The van der Waals surface area contributed by atoms with Gasteiger partial charge in [-0.25, -0.2) is 9.97 Å². The monoisotopic (exact) mass is 389 g/mol. The number of anilines is 1. The summed E-state index contributed by atoms with van der Waals surface area (Å²) in [5.74, 6) is 0.663. The van der Waals surface area contributed by atoms with Crippen LogP contribution in [0.3, 0.4) is 0 Å². The molecule has 4 N–H and O–H groups in total. The first-order valence-electron chi connectivity index (χ1n) is 9.87. The van der Waals surface area contributed by atoms with Crippen LogP contribution in [0, 0.1) is 6.92 Å². The first kappa shape index (κ1) is 17.8. The molecular weight excluding hydrogens is 366 g/mol. The first-order valence-corrected chi connectivity index (χ1v) is 9.87. The summed E-state index contributed by atoms with van der Waals surface area (Å²) in [5.41, 5.74) is 9.25. The zero-order valence-electron chi connectivity index (χ0n) is 16.4. The van der Waals surface area contributed by atoms with Gasteiger partial charge in [-0.05, 0) is 43.7 Å². The highest BCUT2D eigenvalue weighted by Crippen LogP contribution is 2.37. The molecule has 1 aliphatic carbocycles. The van der Waals surface area contributed by atoms with E-state index in [-0.39, 0.29) is 17.6 Å². The van der Waals surface area contributed by atoms with Gasteiger partial charge < -0.3 is 15.6 Å². The molecule has 29 heavy (non-hydrogen) atoms. The molecule has 1 unspecified atom stereocenters. The number of benzene rings is 1. The van der Waals surface area contributed by atoms with Gasteiger partial charge in [0.15, 0.2) is 5.65 Å². The molecular formula is C21H23N7O. The lowest BCUT2D eigenvalue weighted by Crippen LogP contribution is -2.26. The van der Waals surface area contributed by atoms with E-state index in [0.717, 1.165) is 46.0 Å². The molecule has 8 nitrogen and oxygen atoms in total. The van der Waals surface area contributed by atoms with Crippen LogP contribution in [0.5, 0.6) is 0 Å². The summed E-state index contributed by atoms with van der Waals surface area (Å²) in [7, 11) is 0. The molecule has 5 rings (SSSR count). The first-order chi connectivity index (χ1) is 14.1. The van der Waals surface area contributed by atoms with Crippen molar-refractivity contribution >= 4 is 27.6 Å². The molecule has 148 valence electrons. The highest BCUT2D eigenvalue weighted by Gasteiger charge is 2.29. The lowest BCUT2D eigenvalue weighted by Gasteiger charge is -2.22. The summed E-state index contributed by atoms with van der Waals surface area (Å²) in [4.78, 5) is 22.0. The predicted octanol–water partition coefficient (Wildman–Crippen LogP) is 2.94. The van der Waals surface area contributed by atoms with Crippen LogP contribution < -0.4 is 16.6 Å². The number of rotatable bonds is 5. The van der Waals surface area contributed by atoms with Gasteiger partial charge >= 0.3 is 0 Å². The fraction of sp³-hybridized carbons (Fsp3) is 0.333. The van der Waals surface area contributed by atoms with Crippen LogP contribution in [0.4, 0.5) is 5.82 Å². The highest BCUT2D eigenvalue weighted by molar-refractivity contribution is 5.89. The molecule has 0 spiro atoms. The Hall–Kier alpha value is -3.26. The van der Waals surface area contributed by atoms with Crippen molar-refractivity contribution in [2.45, 2.75) is 45.3 Å². The van der Waals surface area contributed by atoms with Crippen molar-refractivity contribution < 1.29 is 0 Å². The minimum Gasteiger partial charge on any atom is -0.361 e. The Morgan fingerprint density at radius 2 is 2.14 bits per heavy atom. The average Bonchev–Trinajstić information content (AvgIpc) is 3.45. The Balaban J connectivity index is 1.64. The summed E-state index contributed by atoms with van der Waals surface area (Å²) in [6.45, 7) is 4.35. The summed E-state index contributed by atoms with van der Waals surface area (Å²) < 4.78 is 1.96. The second-order valence-corrected chi connectivity index (χ2v) is 7.71. The number of nitrogens with zero attached hydrogens (tertiary/aromatic N) is 4. The molecule has 1 aromatic carbocycles. The van der Waals surface area contributed by atoms with Gasteiger partial charge in [-0.1, -0.05) is 18.2 Å². The van der Waals surface area contributed by atoms with Crippen molar-refractivity contribution in [3.8, 4) is 0 Å². The summed E-state index contributed by atoms with van der Waals surface area (Å²) in [6, 6.07) is 8.25. The minimum absolute atomic E-state index is 0.0885. The number of fused-ring (bicyclic) bond motifs is 2. The minimum atomic E-state index is -0.133. The second kappa shape index (κ2) is 6.66. The number of hydrogen-bond acceptors (Lipinski definition) is 6. The lowest BCUT2D eigenvalue weighted by atomic mass is 10.0. The van der Waals surface area contributed by atoms with Crippen molar-refractivity contribution in [1.29, 1.82) is 0 Å². The third kappa shape index (κ3) is 2.87. The maximum atomic E-state index is 13.4. The van der Waals surface area contributed by atoms with Crippen molar-refractivity contribution in [3.05, 3.63) is 57.9 Å². The van der Waals surface area contributed by atoms with Gasteiger partial charge in [0.1, 0.15) is 12.1 Å². The maximum Gasteiger partial charge on any atom is 0.259 e. The zero-order valence-corrected chi connectivity index (χ0v) is 16.4. The van der Waals surface area contributed by atoms with E-state index < -0.39 is 0 Å². The molecule has 0 saturated heterocycles. The summed E-state index contributed by atoms with van der Waals surface area (Å²) >= 11 is 0. The van der Waals surface area contributed by atoms with Gasteiger partial charge in [0.2, 0.25) is 0 Å². The standard InChI is InChI=1S/C21H23N7O/c1-11-4-3-5-13-8-16(28(14-6-7-14)21(29)17(11)13)12(2)25-19-18-15(9-22)26-27-20(18)24-10-23-19/h3-5,8,10,12,14H,6-7,9,22H2,1-2H3,(H2,23,24,25,26,27). The molecule has 1 aliphatic rings. The van der Waals surface area contributed by atoms with Gasteiger partial charge in [-0.15, -0.1) is 0 Å². The van der Waals surface area contributed by atoms with Gasteiger partial charge in [-0.2, -0.15) is 5.10 Å². The van der Waals surface area contributed by atoms with E-state index >= 15 is 0 Å².